The number of anilines is 1. The number of hydrogen-bond acceptors (Lipinski definition) is 3. The van der Waals surface area contributed by atoms with Crippen molar-refractivity contribution in [1.82, 2.24) is 10.3 Å². The topological polar surface area (TPSA) is 28.2 Å². The summed E-state index contributed by atoms with van der Waals surface area (Å²) < 4.78 is 1.06. The van der Waals surface area contributed by atoms with Gasteiger partial charge in [0.25, 0.3) is 0 Å². The fraction of sp³-hybridized carbons (Fsp3) is 0.643. The van der Waals surface area contributed by atoms with Crippen LogP contribution in [0.15, 0.2) is 16.7 Å². The number of hydrogen-bond donors (Lipinski definition) is 1. The van der Waals surface area contributed by atoms with Crippen molar-refractivity contribution < 1.29 is 0 Å². The lowest BCUT2D eigenvalue weighted by molar-refractivity contribution is 0.702. The second-order valence-corrected chi connectivity index (χ2v) is 5.76. The number of pyridine rings is 1. The average Bonchev–Trinajstić information content (AvgIpc) is 3.18. The van der Waals surface area contributed by atoms with Crippen molar-refractivity contribution in [3.05, 3.63) is 22.3 Å². The Hall–Kier alpha value is -0.610. The molecule has 1 aliphatic rings. The van der Waals surface area contributed by atoms with Crippen molar-refractivity contribution >= 4 is 21.7 Å². The fourth-order valence-corrected chi connectivity index (χ4v) is 2.59. The van der Waals surface area contributed by atoms with Gasteiger partial charge in [-0.1, -0.05) is 13.8 Å². The summed E-state index contributed by atoms with van der Waals surface area (Å²) in [4.78, 5) is 7.14. The molecule has 1 heterocycles. The third kappa shape index (κ3) is 3.45. The Morgan fingerprint density at radius 3 is 2.83 bits per heavy atom. The molecule has 0 spiro atoms. The van der Waals surface area contributed by atoms with Crippen LogP contribution in [-0.4, -0.2) is 24.1 Å². The minimum atomic E-state index is 0.721. The highest BCUT2D eigenvalue weighted by molar-refractivity contribution is 9.10. The van der Waals surface area contributed by atoms with Crippen molar-refractivity contribution in [3.63, 3.8) is 0 Å². The molecule has 2 rings (SSSR count). The van der Waals surface area contributed by atoms with Gasteiger partial charge < -0.3 is 10.2 Å². The molecular weight excluding hydrogens is 290 g/mol. The summed E-state index contributed by atoms with van der Waals surface area (Å²) in [7, 11) is 0. The van der Waals surface area contributed by atoms with Crippen LogP contribution in [-0.2, 0) is 6.54 Å². The summed E-state index contributed by atoms with van der Waals surface area (Å²) in [5.41, 5.74) is 1.30. The second-order valence-electron chi connectivity index (χ2n) is 4.84. The maximum Gasteiger partial charge on any atom is 0.133 e. The van der Waals surface area contributed by atoms with Crippen LogP contribution in [0.3, 0.4) is 0 Å². The quantitative estimate of drug-likeness (QED) is 0.837. The van der Waals surface area contributed by atoms with E-state index in [4.69, 9.17) is 0 Å². The minimum Gasteiger partial charge on any atom is -0.353 e. The zero-order chi connectivity index (χ0) is 13.0. The lowest BCUT2D eigenvalue weighted by Crippen LogP contribution is -2.29. The van der Waals surface area contributed by atoms with Crippen LogP contribution >= 0.6 is 15.9 Å². The van der Waals surface area contributed by atoms with Gasteiger partial charge in [-0.2, -0.15) is 0 Å². The smallest absolute Gasteiger partial charge is 0.133 e. The van der Waals surface area contributed by atoms with E-state index in [-0.39, 0.29) is 0 Å². The standard InChI is InChI=1S/C14H22BrN3/c1-3-7-18(13-5-6-13)14-11(9-16-4-2)8-12(15)10-17-14/h8,10,13,16H,3-7,9H2,1-2H3. The third-order valence-electron chi connectivity index (χ3n) is 3.20. The molecule has 0 atom stereocenters. The van der Waals surface area contributed by atoms with Gasteiger partial charge in [-0.15, -0.1) is 0 Å². The molecule has 0 saturated heterocycles. The van der Waals surface area contributed by atoms with Crippen molar-refractivity contribution in [2.75, 3.05) is 18.0 Å². The van der Waals surface area contributed by atoms with Crippen molar-refractivity contribution in [3.8, 4) is 0 Å². The lowest BCUT2D eigenvalue weighted by Gasteiger charge is -2.25. The predicted molar refractivity (Wildman–Crippen MR) is 80.0 cm³/mol. The lowest BCUT2D eigenvalue weighted by atomic mass is 10.2. The number of nitrogens with one attached hydrogen (secondary N) is 1. The Morgan fingerprint density at radius 2 is 2.22 bits per heavy atom. The Balaban J connectivity index is 2.22. The van der Waals surface area contributed by atoms with Gasteiger partial charge >= 0.3 is 0 Å². The third-order valence-corrected chi connectivity index (χ3v) is 3.63. The first-order valence-corrected chi connectivity index (χ1v) is 7.67. The van der Waals surface area contributed by atoms with E-state index in [1.807, 2.05) is 6.20 Å². The Labute approximate surface area is 118 Å². The number of aromatic nitrogens is 1. The molecule has 0 amide bonds. The van der Waals surface area contributed by atoms with Gasteiger partial charge in [0.15, 0.2) is 0 Å². The van der Waals surface area contributed by atoms with Crippen LogP contribution in [0.1, 0.15) is 38.7 Å². The molecule has 0 aromatic carbocycles. The highest BCUT2D eigenvalue weighted by Gasteiger charge is 2.30. The van der Waals surface area contributed by atoms with E-state index in [9.17, 15) is 0 Å². The maximum atomic E-state index is 4.65. The molecule has 1 aliphatic carbocycles. The first-order chi connectivity index (χ1) is 8.76. The number of halogens is 1. The number of nitrogens with zero attached hydrogens (tertiary/aromatic N) is 2. The van der Waals surface area contributed by atoms with Gasteiger partial charge in [0, 0.05) is 35.4 Å². The highest BCUT2D eigenvalue weighted by atomic mass is 79.9. The van der Waals surface area contributed by atoms with E-state index in [0.29, 0.717) is 0 Å². The van der Waals surface area contributed by atoms with Crippen molar-refractivity contribution in [1.29, 1.82) is 0 Å². The molecule has 4 heteroatoms. The van der Waals surface area contributed by atoms with Gasteiger partial charge in [0.2, 0.25) is 0 Å². The molecule has 1 aromatic rings. The second kappa shape index (κ2) is 6.53. The van der Waals surface area contributed by atoms with Crippen LogP contribution in [0.2, 0.25) is 0 Å². The van der Waals surface area contributed by atoms with Gasteiger partial charge in [-0.05, 0) is 47.8 Å². The molecule has 100 valence electrons. The first-order valence-electron chi connectivity index (χ1n) is 6.88. The van der Waals surface area contributed by atoms with Gasteiger partial charge in [0.05, 0.1) is 0 Å². The summed E-state index contributed by atoms with van der Waals surface area (Å²) in [5, 5.41) is 3.40. The summed E-state index contributed by atoms with van der Waals surface area (Å²) >= 11 is 3.52. The molecule has 0 unspecified atom stereocenters. The summed E-state index contributed by atoms with van der Waals surface area (Å²) in [6.07, 6.45) is 5.72. The molecule has 1 saturated carbocycles. The largest absolute Gasteiger partial charge is 0.353 e. The fourth-order valence-electron chi connectivity index (χ4n) is 2.21. The van der Waals surface area contributed by atoms with Gasteiger partial charge in [-0.25, -0.2) is 4.98 Å². The molecule has 1 aromatic heterocycles. The first kappa shape index (κ1) is 13.8. The van der Waals surface area contributed by atoms with E-state index < -0.39 is 0 Å². The molecule has 0 aliphatic heterocycles. The molecular formula is C14H22BrN3. The SMILES string of the molecule is CCCN(c1ncc(Br)cc1CNCC)C1CC1. The highest BCUT2D eigenvalue weighted by Crippen LogP contribution is 2.33. The van der Waals surface area contributed by atoms with E-state index in [1.165, 1.54) is 30.6 Å². The predicted octanol–water partition coefficient (Wildman–Crippen LogP) is 3.33. The van der Waals surface area contributed by atoms with E-state index >= 15 is 0 Å². The van der Waals surface area contributed by atoms with E-state index in [1.54, 1.807) is 0 Å². The molecule has 1 fully saturated rings. The average molecular weight is 312 g/mol. The van der Waals surface area contributed by atoms with Crippen LogP contribution in [0.4, 0.5) is 5.82 Å². The Kier molecular flexibility index (Phi) is 5.01. The van der Waals surface area contributed by atoms with Crippen LogP contribution in [0.5, 0.6) is 0 Å². The zero-order valence-electron chi connectivity index (χ0n) is 11.2. The van der Waals surface area contributed by atoms with Gasteiger partial charge in [0.1, 0.15) is 5.82 Å². The summed E-state index contributed by atoms with van der Waals surface area (Å²) in [5.74, 6) is 1.17. The van der Waals surface area contributed by atoms with Gasteiger partial charge in [-0.3, -0.25) is 0 Å². The molecule has 3 nitrogen and oxygen atoms in total. The molecule has 18 heavy (non-hydrogen) atoms. The minimum absolute atomic E-state index is 0.721. The summed E-state index contributed by atoms with van der Waals surface area (Å²) in [6.45, 7) is 7.36. The normalized spacial score (nSPS) is 14.8. The van der Waals surface area contributed by atoms with Crippen molar-refractivity contribution in [2.45, 2.75) is 45.7 Å². The Morgan fingerprint density at radius 1 is 1.44 bits per heavy atom. The van der Waals surface area contributed by atoms with Crippen LogP contribution in [0, 0.1) is 0 Å². The Bertz CT molecular complexity index is 391. The van der Waals surface area contributed by atoms with E-state index in [2.05, 4.69) is 51.0 Å². The molecule has 1 N–H and O–H groups in total. The van der Waals surface area contributed by atoms with Crippen molar-refractivity contribution in [2.24, 2.45) is 0 Å². The zero-order valence-corrected chi connectivity index (χ0v) is 12.8. The molecule has 0 radical (unpaired) electrons. The number of rotatable bonds is 7. The van der Waals surface area contributed by atoms with E-state index in [0.717, 1.165) is 30.1 Å². The maximum absolute atomic E-state index is 4.65. The van der Waals surface area contributed by atoms with Crippen LogP contribution < -0.4 is 10.2 Å². The monoisotopic (exact) mass is 311 g/mol. The summed E-state index contributed by atoms with van der Waals surface area (Å²) in [6, 6.07) is 2.91. The van der Waals surface area contributed by atoms with Crippen LogP contribution in [0.25, 0.3) is 0 Å². The molecule has 0 bridgehead atoms.